The van der Waals surface area contributed by atoms with Crippen LogP contribution in [-0.2, 0) is 0 Å². The Bertz CT molecular complexity index is 1180. The molecule has 7 heteroatoms. The fourth-order valence-corrected chi connectivity index (χ4v) is 3.75. The molecule has 0 unspecified atom stereocenters. The number of carbonyl (C=O) groups is 1. The molecule has 2 heterocycles. The van der Waals surface area contributed by atoms with Crippen molar-refractivity contribution in [3.63, 3.8) is 0 Å². The summed E-state index contributed by atoms with van der Waals surface area (Å²) in [5.74, 6) is -0.887. The number of nitrogens with zero attached hydrogens (tertiary/aromatic N) is 4. The first-order chi connectivity index (χ1) is 15.5. The molecule has 32 heavy (non-hydrogen) atoms. The summed E-state index contributed by atoms with van der Waals surface area (Å²) in [5, 5.41) is 4.23. The van der Waals surface area contributed by atoms with E-state index in [1.165, 1.54) is 16.8 Å². The topological polar surface area (TPSA) is 58.4 Å². The average Bonchev–Trinajstić information content (AvgIpc) is 2.81. The van der Waals surface area contributed by atoms with E-state index in [1.807, 2.05) is 18.2 Å². The standard InChI is InChI=1S/C25H25FN4O2/c1-19-18-23(31)24(27-30(19)22-12-6-5-11-21(22)26)25(32)29-16-14-28(15-17-29)13-7-10-20-8-3-2-4-9-20/h2-12,18H,13-17H2,1H3. The van der Waals surface area contributed by atoms with Crippen molar-refractivity contribution in [1.29, 1.82) is 0 Å². The minimum atomic E-state index is -0.470. The van der Waals surface area contributed by atoms with Crippen LogP contribution in [-0.4, -0.2) is 58.2 Å². The van der Waals surface area contributed by atoms with Gasteiger partial charge in [0.05, 0.1) is 0 Å². The van der Waals surface area contributed by atoms with Crippen molar-refractivity contribution in [2.24, 2.45) is 0 Å². The second kappa shape index (κ2) is 9.70. The normalized spacial score (nSPS) is 14.8. The van der Waals surface area contributed by atoms with Gasteiger partial charge >= 0.3 is 0 Å². The van der Waals surface area contributed by atoms with Gasteiger partial charge in [-0.25, -0.2) is 9.07 Å². The number of halogens is 1. The first-order valence-corrected chi connectivity index (χ1v) is 10.6. The molecular weight excluding hydrogens is 407 g/mol. The van der Waals surface area contributed by atoms with Crippen LogP contribution >= 0.6 is 0 Å². The second-order valence-electron chi connectivity index (χ2n) is 7.77. The number of hydrogen-bond donors (Lipinski definition) is 0. The Morgan fingerprint density at radius 1 is 1.03 bits per heavy atom. The van der Waals surface area contributed by atoms with Gasteiger partial charge in [-0.05, 0) is 24.6 Å². The maximum Gasteiger partial charge on any atom is 0.278 e. The highest BCUT2D eigenvalue weighted by atomic mass is 19.1. The molecule has 1 saturated heterocycles. The quantitative estimate of drug-likeness (QED) is 0.622. The first-order valence-electron chi connectivity index (χ1n) is 10.6. The maximum absolute atomic E-state index is 14.3. The molecule has 2 aromatic carbocycles. The van der Waals surface area contributed by atoms with Gasteiger partial charge in [0.1, 0.15) is 11.5 Å². The fraction of sp³-hybridized carbons (Fsp3) is 0.240. The smallest absolute Gasteiger partial charge is 0.278 e. The molecule has 6 nitrogen and oxygen atoms in total. The fourth-order valence-electron chi connectivity index (χ4n) is 3.75. The molecule has 1 amide bonds. The molecule has 0 saturated carbocycles. The third kappa shape index (κ3) is 4.84. The zero-order chi connectivity index (χ0) is 22.5. The summed E-state index contributed by atoms with van der Waals surface area (Å²) in [6.45, 7) is 4.88. The van der Waals surface area contributed by atoms with Crippen molar-refractivity contribution in [1.82, 2.24) is 19.6 Å². The van der Waals surface area contributed by atoms with Gasteiger partial charge < -0.3 is 4.90 Å². The lowest BCUT2D eigenvalue weighted by Gasteiger charge is -2.33. The van der Waals surface area contributed by atoms with Gasteiger partial charge in [-0.3, -0.25) is 14.5 Å². The monoisotopic (exact) mass is 432 g/mol. The summed E-state index contributed by atoms with van der Waals surface area (Å²) in [5.41, 5.74) is 1.18. The summed E-state index contributed by atoms with van der Waals surface area (Å²) >= 11 is 0. The molecule has 0 aliphatic carbocycles. The van der Waals surface area contributed by atoms with Crippen LogP contribution in [0.1, 0.15) is 21.7 Å². The lowest BCUT2D eigenvalue weighted by atomic mass is 10.2. The van der Waals surface area contributed by atoms with Crippen LogP contribution < -0.4 is 5.43 Å². The SMILES string of the molecule is Cc1cc(=O)c(C(=O)N2CCN(CC=Cc3ccccc3)CC2)nn1-c1ccccc1F. The minimum absolute atomic E-state index is 0.184. The molecule has 1 aliphatic rings. The molecule has 0 radical (unpaired) electrons. The van der Waals surface area contributed by atoms with Crippen LogP contribution in [0.25, 0.3) is 11.8 Å². The number of benzene rings is 2. The van der Waals surface area contributed by atoms with Crippen molar-refractivity contribution in [3.05, 3.63) is 99.7 Å². The third-order valence-electron chi connectivity index (χ3n) is 5.52. The van der Waals surface area contributed by atoms with E-state index in [0.717, 1.165) is 12.1 Å². The van der Waals surface area contributed by atoms with Crippen molar-refractivity contribution < 1.29 is 9.18 Å². The highest BCUT2D eigenvalue weighted by Gasteiger charge is 2.25. The van der Waals surface area contributed by atoms with Crippen LogP contribution in [0.5, 0.6) is 0 Å². The van der Waals surface area contributed by atoms with Gasteiger partial charge in [0, 0.05) is 44.5 Å². The number of rotatable bonds is 5. The third-order valence-corrected chi connectivity index (χ3v) is 5.52. The van der Waals surface area contributed by atoms with E-state index in [-0.39, 0.29) is 11.4 Å². The van der Waals surface area contributed by atoms with E-state index < -0.39 is 17.2 Å². The molecule has 3 aromatic rings. The molecular formula is C25H25FN4O2. The van der Waals surface area contributed by atoms with E-state index in [4.69, 9.17) is 0 Å². The van der Waals surface area contributed by atoms with Gasteiger partial charge in [-0.1, -0.05) is 54.6 Å². The van der Waals surface area contributed by atoms with E-state index in [9.17, 15) is 14.0 Å². The van der Waals surface area contributed by atoms with Gasteiger partial charge in [-0.15, -0.1) is 0 Å². The molecule has 0 bridgehead atoms. The number of aromatic nitrogens is 2. The zero-order valence-electron chi connectivity index (χ0n) is 17.9. The molecule has 0 atom stereocenters. The highest BCUT2D eigenvalue weighted by molar-refractivity contribution is 5.92. The van der Waals surface area contributed by atoms with E-state index in [0.29, 0.717) is 31.9 Å². The lowest BCUT2D eigenvalue weighted by Crippen LogP contribution is -2.49. The zero-order valence-corrected chi connectivity index (χ0v) is 17.9. The van der Waals surface area contributed by atoms with Crippen molar-refractivity contribution in [2.45, 2.75) is 6.92 Å². The number of amides is 1. The van der Waals surface area contributed by atoms with E-state index in [1.54, 1.807) is 30.0 Å². The van der Waals surface area contributed by atoms with Crippen molar-refractivity contribution in [2.75, 3.05) is 32.7 Å². The minimum Gasteiger partial charge on any atom is -0.335 e. The van der Waals surface area contributed by atoms with Gasteiger partial charge in [0.25, 0.3) is 5.91 Å². The summed E-state index contributed by atoms with van der Waals surface area (Å²) in [7, 11) is 0. The Kier molecular flexibility index (Phi) is 6.56. The number of piperazine rings is 1. The maximum atomic E-state index is 14.3. The number of carbonyl (C=O) groups excluding carboxylic acids is 1. The number of aryl methyl sites for hydroxylation is 1. The Hall–Kier alpha value is -3.58. The summed E-state index contributed by atoms with van der Waals surface area (Å²) in [4.78, 5) is 29.4. The van der Waals surface area contributed by atoms with Crippen LogP contribution in [0.3, 0.4) is 0 Å². The first kappa shape index (κ1) is 21.6. The number of hydrogen-bond acceptors (Lipinski definition) is 4. The lowest BCUT2D eigenvalue weighted by molar-refractivity contribution is 0.0641. The molecule has 164 valence electrons. The predicted octanol–water partition coefficient (Wildman–Crippen LogP) is 3.15. The van der Waals surface area contributed by atoms with Crippen LogP contribution in [0.2, 0.25) is 0 Å². The van der Waals surface area contributed by atoms with Crippen LogP contribution in [0.15, 0.2) is 71.5 Å². The number of para-hydroxylation sites is 1. The molecule has 1 aliphatic heterocycles. The largest absolute Gasteiger partial charge is 0.335 e. The molecule has 1 fully saturated rings. The summed E-state index contributed by atoms with van der Waals surface area (Å²) in [6.07, 6.45) is 4.19. The highest BCUT2D eigenvalue weighted by Crippen LogP contribution is 2.14. The van der Waals surface area contributed by atoms with Crippen LogP contribution in [0.4, 0.5) is 4.39 Å². The van der Waals surface area contributed by atoms with E-state index >= 15 is 0 Å². The molecule has 1 aromatic heterocycles. The Labute approximate surface area is 186 Å². The second-order valence-corrected chi connectivity index (χ2v) is 7.77. The van der Waals surface area contributed by atoms with Gasteiger partial charge in [-0.2, -0.15) is 5.10 Å². The Morgan fingerprint density at radius 2 is 1.72 bits per heavy atom. The predicted molar refractivity (Wildman–Crippen MR) is 122 cm³/mol. The Balaban J connectivity index is 1.43. The molecule has 0 spiro atoms. The molecule has 4 rings (SSSR count). The van der Waals surface area contributed by atoms with Gasteiger partial charge in [0.15, 0.2) is 5.69 Å². The molecule has 0 N–H and O–H groups in total. The van der Waals surface area contributed by atoms with Crippen LogP contribution in [0, 0.1) is 12.7 Å². The summed E-state index contributed by atoms with van der Waals surface area (Å²) in [6, 6.07) is 17.6. The van der Waals surface area contributed by atoms with E-state index in [2.05, 4.69) is 34.3 Å². The Morgan fingerprint density at radius 3 is 2.44 bits per heavy atom. The summed E-state index contributed by atoms with van der Waals surface area (Å²) < 4.78 is 15.6. The van der Waals surface area contributed by atoms with Crippen molar-refractivity contribution in [3.8, 4) is 5.69 Å². The van der Waals surface area contributed by atoms with Gasteiger partial charge in [0.2, 0.25) is 5.43 Å². The average molecular weight is 432 g/mol. The van der Waals surface area contributed by atoms with Crippen molar-refractivity contribution >= 4 is 12.0 Å².